The molecule has 0 aliphatic carbocycles. The van der Waals surface area contributed by atoms with Crippen LogP contribution in [0.5, 0.6) is 0 Å². The topological polar surface area (TPSA) is 46.3 Å². The minimum absolute atomic E-state index is 0.530. The van der Waals surface area contributed by atoms with Gasteiger partial charge in [0, 0.05) is 16.9 Å². The average molecular weight is 251 g/mol. The Bertz CT molecular complexity index is 508. The maximum Gasteiger partial charge on any atom is 0.106 e. The third-order valence-electron chi connectivity index (χ3n) is 2.88. The van der Waals surface area contributed by atoms with E-state index in [4.69, 9.17) is 4.42 Å². The molecule has 1 N–H and O–H groups in total. The smallest absolute Gasteiger partial charge is 0.106 e. The fourth-order valence-electron chi connectivity index (χ4n) is 1.88. The Labute approximate surface area is 105 Å². The van der Waals surface area contributed by atoms with Crippen molar-refractivity contribution in [3.05, 3.63) is 38.7 Å². The molecule has 0 saturated carbocycles. The molecule has 0 aliphatic rings. The highest BCUT2D eigenvalue weighted by Gasteiger charge is 2.17. The third-order valence-corrected chi connectivity index (χ3v) is 3.97. The fourth-order valence-corrected chi connectivity index (χ4v) is 2.85. The number of rotatable bonds is 3. The maximum atomic E-state index is 10.2. The number of aryl methyl sites for hydroxylation is 4. The van der Waals surface area contributed by atoms with Crippen LogP contribution < -0.4 is 0 Å². The normalized spacial score (nSPS) is 13.0. The van der Waals surface area contributed by atoms with Crippen LogP contribution in [0.25, 0.3) is 0 Å². The lowest BCUT2D eigenvalue weighted by Crippen LogP contribution is -2.01. The number of nitrogens with zero attached hydrogens (tertiary/aromatic N) is 1. The van der Waals surface area contributed by atoms with Crippen LogP contribution in [0.2, 0.25) is 0 Å². The molecular formula is C13H17NO2S. The summed E-state index contributed by atoms with van der Waals surface area (Å²) in [6.07, 6.45) is 0.0245. The highest BCUT2D eigenvalue weighted by Crippen LogP contribution is 2.27. The number of thiazole rings is 1. The van der Waals surface area contributed by atoms with Gasteiger partial charge in [0.2, 0.25) is 0 Å². The highest BCUT2D eigenvalue weighted by atomic mass is 32.1. The minimum Gasteiger partial charge on any atom is -0.466 e. The standard InChI is InChI=1S/C13H17NO2S/c1-7-5-11(9(3)16-7)12(15)6-13-14-8(2)10(4)17-13/h5,12,15H,6H2,1-4H3. The van der Waals surface area contributed by atoms with E-state index in [2.05, 4.69) is 11.9 Å². The maximum absolute atomic E-state index is 10.2. The first kappa shape index (κ1) is 12.3. The summed E-state index contributed by atoms with van der Waals surface area (Å²) in [4.78, 5) is 5.66. The molecule has 3 nitrogen and oxygen atoms in total. The van der Waals surface area contributed by atoms with Crippen molar-refractivity contribution in [2.75, 3.05) is 0 Å². The molecular weight excluding hydrogens is 234 g/mol. The first-order valence-electron chi connectivity index (χ1n) is 5.65. The summed E-state index contributed by atoms with van der Waals surface area (Å²) in [5.74, 6) is 1.63. The van der Waals surface area contributed by atoms with Crippen molar-refractivity contribution in [1.29, 1.82) is 0 Å². The number of aromatic nitrogens is 1. The lowest BCUT2D eigenvalue weighted by Gasteiger charge is -2.06. The van der Waals surface area contributed by atoms with Gasteiger partial charge in [-0.2, -0.15) is 0 Å². The van der Waals surface area contributed by atoms with Crippen molar-refractivity contribution in [2.24, 2.45) is 0 Å². The van der Waals surface area contributed by atoms with E-state index >= 15 is 0 Å². The zero-order valence-electron chi connectivity index (χ0n) is 10.6. The van der Waals surface area contributed by atoms with Crippen molar-refractivity contribution in [2.45, 2.75) is 40.2 Å². The molecule has 92 valence electrons. The Balaban J connectivity index is 2.16. The summed E-state index contributed by atoms with van der Waals surface area (Å²) >= 11 is 1.65. The summed E-state index contributed by atoms with van der Waals surface area (Å²) in [5, 5.41) is 11.2. The molecule has 0 spiro atoms. The number of aliphatic hydroxyl groups is 1. The molecule has 0 saturated heterocycles. The van der Waals surface area contributed by atoms with Crippen LogP contribution >= 0.6 is 11.3 Å². The minimum atomic E-state index is -0.530. The number of furan rings is 1. The molecule has 0 aromatic carbocycles. The van der Waals surface area contributed by atoms with Gasteiger partial charge >= 0.3 is 0 Å². The van der Waals surface area contributed by atoms with E-state index in [1.165, 1.54) is 4.88 Å². The van der Waals surface area contributed by atoms with Gasteiger partial charge in [-0.15, -0.1) is 11.3 Å². The van der Waals surface area contributed by atoms with E-state index in [-0.39, 0.29) is 0 Å². The summed E-state index contributed by atoms with van der Waals surface area (Å²) in [7, 11) is 0. The second kappa shape index (κ2) is 4.63. The van der Waals surface area contributed by atoms with Crippen LogP contribution in [0.3, 0.4) is 0 Å². The van der Waals surface area contributed by atoms with Crippen molar-refractivity contribution in [3.8, 4) is 0 Å². The number of hydrogen-bond donors (Lipinski definition) is 1. The molecule has 2 aromatic rings. The van der Waals surface area contributed by atoms with Crippen LogP contribution in [0.4, 0.5) is 0 Å². The molecule has 2 aromatic heterocycles. The van der Waals surface area contributed by atoms with Gasteiger partial charge in [-0.1, -0.05) is 0 Å². The van der Waals surface area contributed by atoms with E-state index in [0.29, 0.717) is 6.42 Å². The fraction of sp³-hybridized carbons (Fsp3) is 0.462. The molecule has 0 fully saturated rings. The summed E-state index contributed by atoms with van der Waals surface area (Å²) in [5.41, 5.74) is 1.92. The zero-order valence-corrected chi connectivity index (χ0v) is 11.4. The first-order chi connectivity index (χ1) is 7.97. The predicted molar refractivity (Wildman–Crippen MR) is 68.4 cm³/mol. The Morgan fingerprint density at radius 1 is 1.35 bits per heavy atom. The predicted octanol–water partition coefficient (Wildman–Crippen LogP) is 3.25. The molecule has 0 amide bonds. The Hall–Kier alpha value is -1.13. The molecule has 2 heterocycles. The Morgan fingerprint density at radius 2 is 2.06 bits per heavy atom. The van der Waals surface area contributed by atoms with E-state index in [1.54, 1.807) is 11.3 Å². The lowest BCUT2D eigenvalue weighted by atomic mass is 10.1. The zero-order chi connectivity index (χ0) is 12.6. The lowest BCUT2D eigenvalue weighted by molar-refractivity contribution is 0.176. The summed E-state index contributed by atoms with van der Waals surface area (Å²) < 4.78 is 5.43. The van der Waals surface area contributed by atoms with Crippen LogP contribution in [-0.4, -0.2) is 10.1 Å². The van der Waals surface area contributed by atoms with E-state index in [1.807, 2.05) is 26.8 Å². The van der Waals surface area contributed by atoms with Crippen molar-refractivity contribution in [1.82, 2.24) is 4.98 Å². The van der Waals surface area contributed by atoms with Crippen molar-refractivity contribution >= 4 is 11.3 Å². The van der Waals surface area contributed by atoms with Gasteiger partial charge in [-0.3, -0.25) is 0 Å². The molecule has 0 aliphatic heterocycles. The molecule has 1 atom stereocenters. The third kappa shape index (κ3) is 2.58. The molecule has 0 radical (unpaired) electrons. The molecule has 2 rings (SSSR count). The first-order valence-corrected chi connectivity index (χ1v) is 6.47. The second-order valence-corrected chi connectivity index (χ2v) is 5.63. The second-order valence-electron chi connectivity index (χ2n) is 4.34. The molecule has 0 bridgehead atoms. The number of aliphatic hydroxyl groups excluding tert-OH is 1. The molecule has 1 unspecified atom stereocenters. The van der Waals surface area contributed by atoms with Gasteiger partial charge in [-0.05, 0) is 33.8 Å². The van der Waals surface area contributed by atoms with Gasteiger partial charge in [0.05, 0.1) is 16.8 Å². The van der Waals surface area contributed by atoms with E-state index in [9.17, 15) is 5.11 Å². The van der Waals surface area contributed by atoms with Crippen molar-refractivity contribution < 1.29 is 9.52 Å². The Morgan fingerprint density at radius 3 is 2.53 bits per heavy atom. The van der Waals surface area contributed by atoms with E-state index < -0.39 is 6.10 Å². The van der Waals surface area contributed by atoms with Gasteiger partial charge in [0.25, 0.3) is 0 Å². The van der Waals surface area contributed by atoms with Gasteiger partial charge in [0.15, 0.2) is 0 Å². The van der Waals surface area contributed by atoms with Crippen LogP contribution in [0, 0.1) is 27.7 Å². The number of hydrogen-bond acceptors (Lipinski definition) is 4. The van der Waals surface area contributed by atoms with Gasteiger partial charge in [-0.25, -0.2) is 4.98 Å². The van der Waals surface area contributed by atoms with Gasteiger partial charge < -0.3 is 9.52 Å². The van der Waals surface area contributed by atoms with Gasteiger partial charge in [0.1, 0.15) is 11.5 Å². The van der Waals surface area contributed by atoms with Crippen molar-refractivity contribution in [3.63, 3.8) is 0 Å². The Kier molecular flexibility index (Phi) is 3.35. The van der Waals surface area contributed by atoms with E-state index in [0.717, 1.165) is 27.8 Å². The molecule has 17 heavy (non-hydrogen) atoms. The summed E-state index contributed by atoms with van der Waals surface area (Å²) in [6, 6.07) is 1.90. The molecule has 4 heteroatoms. The monoisotopic (exact) mass is 251 g/mol. The SMILES string of the molecule is Cc1cc(C(O)Cc2nc(C)c(C)s2)c(C)o1. The largest absolute Gasteiger partial charge is 0.466 e. The van der Waals surface area contributed by atoms with Crippen LogP contribution in [0.1, 0.15) is 38.8 Å². The van der Waals surface area contributed by atoms with Crippen LogP contribution in [0.15, 0.2) is 10.5 Å². The van der Waals surface area contributed by atoms with Crippen LogP contribution in [-0.2, 0) is 6.42 Å². The average Bonchev–Trinajstić information content (AvgIpc) is 2.71. The highest BCUT2D eigenvalue weighted by molar-refractivity contribution is 7.11. The summed E-state index contributed by atoms with van der Waals surface area (Å²) in [6.45, 7) is 7.82. The quantitative estimate of drug-likeness (QED) is 0.910.